The minimum atomic E-state index is -0.288. The standard InChI is InChI=1S/C25H19Cl4N3O2/c1-34-19-7-3-16(4-8-19)23-14-24(32(31-23)18-6-9-20(27)22(29)13-18)25(33)30-11-10-15-2-5-17(26)12-21(15)28/h2-9,12-14H,10-11H2,1H3,(H,30,33). The van der Waals surface area contributed by atoms with Crippen LogP contribution in [0.1, 0.15) is 16.1 Å². The molecule has 0 unspecified atom stereocenters. The predicted octanol–water partition coefficient (Wildman–Crippen LogP) is 7.13. The second-order valence-corrected chi connectivity index (χ2v) is 9.05. The lowest BCUT2D eigenvalue weighted by atomic mass is 10.1. The number of carbonyl (C=O) groups excluding carboxylic acids is 1. The first-order chi connectivity index (χ1) is 16.4. The van der Waals surface area contributed by atoms with Crippen molar-refractivity contribution in [1.82, 2.24) is 15.1 Å². The SMILES string of the molecule is COc1ccc(-c2cc(C(=O)NCCc3ccc(Cl)cc3Cl)n(-c3ccc(Cl)c(Cl)c3)n2)cc1. The Kier molecular flexibility index (Phi) is 7.69. The van der Waals surface area contributed by atoms with Gasteiger partial charge in [0.25, 0.3) is 5.91 Å². The molecule has 0 saturated carbocycles. The van der Waals surface area contributed by atoms with E-state index < -0.39 is 0 Å². The quantitative estimate of drug-likeness (QED) is 0.274. The molecule has 0 aliphatic carbocycles. The van der Waals surface area contributed by atoms with Crippen molar-refractivity contribution in [2.45, 2.75) is 6.42 Å². The Hall–Kier alpha value is -2.70. The Labute approximate surface area is 217 Å². The first kappa shape index (κ1) is 24.4. The van der Waals surface area contributed by atoms with E-state index >= 15 is 0 Å². The van der Waals surface area contributed by atoms with Gasteiger partial charge in [-0.2, -0.15) is 5.10 Å². The van der Waals surface area contributed by atoms with Gasteiger partial charge < -0.3 is 10.1 Å². The molecule has 0 fully saturated rings. The van der Waals surface area contributed by atoms with Gasteiger partial charge in [-0.15, -0.1) is 0 Å². The molecule has 0 aliphatic heterocycles. The Balaban J connectivity index is 1.62. The molecule has 0 bridgehead atoms. The predicted molar refractivity (Wildman–Crippen MR) is 138 cm³/mol. The lowest BCUT2D eigenvalue weighted by Gasteiger charge is -2.10. The van der Waals surface area contributed by atoms with Gasteiger partial charge in [-0.3, -0.25) is 4.79 Å². The molecule has 1 aromatic heterocycles. The van der Waals surface area contributed by atoms with Gasteiger partial charge in [0.05, 0.1) is 28.5 Å². The number of ether oxygens (including phenoxy) is 1. The first-order valence-electron chi connectivity index (χ1n) is 10.3. The molecule has 5 nitrogen and oxygen atoms in total. The van der Waals surface area contributed by atoms with Crippen molar-refractivity contribution in [3.05, 3.63) is 98.1 Å². The third kappa shape index (κ3) is 5.50. The van der Waals surface area contributed by atoms with Crippen LogP contribution in [0.4, 0.5) is 0 Å². The van der Waals surface area contributed by atoms with Gasteiger partial charge in [-0.05, 0) is 72.6 Å². The molecule has 0 atom stereocenters. The third-order valence-electron chi connectivity index (χ3n) is 5.17. The summed E-state index contributed by atoms with van der Waals surface area (Å²) in [4.78, 5) is 13.2. The zero-order valence-electron chi connectivity index (χ0n) is 18.0. The molecule has 4 rings (SSSR count). The molecule has 174 valence electrons. The second-order valence-electron chi connectivity index (χ2n) is 7.40. The Morgan fingerprint density at radius 1 is 0.912 bits per heavy atom. The molecule has 0 saturated heterocycles. The molecule has 9 heteroatoms. The Morgan fingerprint density at radius 3 is 2.35 bits per heavy atom. The van der Waals surface area contributed by atoms with Crippen molar-refractivity contribution in [3.63, 3.8) is 0 Å². The van der Waals surface area contributed by atoms with Crippen LogP contribution in [0.15, 0.2) is 66.7 Å². The van der Waals surface area contributed by atoms with Gasteiger partial charge in [0.2, 0.25) is 0 Å². The molecule has 0 aliphatic rings. The molecule has 3 aromatic carbocycles. The van der Waals surface area contributed by atoms with E-state index in [4.69, 9.17) is 51.1 Å². The summed E-state index contributed by atoms with van der Waals surface area (Å²) in [5.74, 6) is 0.440. The molecule has 0 spiro atoms. The fraction of sp³-hybridized carbons (Fsp3) is 0.120. The summed E-state index contributed by atoms with van der Waals surface area (Å²) in [6.45, 7) is 0.380. The van der Waals surface area contributed by atoms with E-state index in [1.807, 2.05) is 30.3 Å². The maximum Gasteiger partial charge on any atom is 0.270 e. The molecule has 1 heterocycles. The number of methoxy groups -OCH3 is 1. The van der Waals surface area contributed by atoms with Crippen LogP contribution in [0.3, 0.4) is 0 Å². The number of halogens is 4. The zero-order valence-corrected chi connectivity index (χ0v) is 21.0. The van der Waals surface area contributed by atoms with Gasteiger partial charge in [-0.1, -0.05) is 52.5 Å². The summed E-state index contributed by atoms with van der Waals surface area (Å²) in [6, 6.07) is 19.5. The number of hydrogen-bond acceptors (Lipinski definition) is 3. The van der Waals surface area contributed by atoms with E-state index in [1.54, 1.807) is 48.2 Å². The van der Waals surface area contributed by atoms with Gasteiger partial charge in [0, 0.05) is 22.2 Å². The van der Waals surface area contributed by atoms with E-state index in [9.17, 15) is 4.79 Å². The van der Waals surface area contributed by atoms with E-state index in [1.165, 1.54) is 0 Å². The van der Waals surface area contributed by atoms with Crippen LogP contribution in [-0.4, -0.2) is 29.3 Å². The molecule has 1 N–H and O–H groups in total. The van der Waals surface area contributed by atoms with Gasteiger partial charge in [0.15, 0.2) is 0 Å². The lowest BCUT2D eigenvalue weighted by molar-refractivity contribution is 0.0946. The topological polar surface area (TPSA) is 56.1 Å². The van der Waals surface area contributed by atoms with Crippen molar-refractivity contribution in [2.24, 2.45) is 0 Å². The molecular formula is C25H19Cl4N3O2. The summed E-state index contributed by atoms with van der Waals surface area (Å²) in [5, 5.41) is 9.51. The normalized spacial score (nSPS) is 10.9. The molecule has 34 heavy (non-hydrogen) atoms. The maximum absolute atomic E-state index is 13.2. The highest BCUT2D eigenvalue weighted by atomic mass is 35.5. The van der Waals surface area contributed by atoms with Crippen molar-refractivity contribution in [1.29, 1.82) is 0 Å². The summed E-state index contributed by atoms with van der Waals surface area (Å²) in [7, 11) is 1.60. The van der Waals surface area contributed by atoms with E-state index in [0.29, 0.717) is 50.1 Å². The number of benzene rings is 3. The van der Waals surface area contributed by atoms with Crippen molar-refractivity contribution in [2.75, 3.05) is 13.7 Å². The second kappa shape index (κ2) is 10.7. The zero-order chi connectivity index (χ0) is 24.2. The molecule has 0 radical (unpaired) electrons. The van der Waals surface area contributed by atoms with Crippen LogP contribution in [0.2, 0.25) is 20.1 Å². The van der Waals surface area contributed by atoms with Crippen molar-refractivity contribution < 1.29 is 9.53 Å². The number of hydrogen-bond donors (Lipinski definition) is 1. The monoisotopic (exact) mass is 533 g/mol. The molecule has 1 amide bonds. The number of aromatic nitrogens is 2. The van der Waals surface area contributed by atoms with Crippen LogP contribution in [0, 0.1) is 0 Å². The Morgan fingerprint density at radius 2 is 1.68 bits per heavy atom. The average Bonchev–Trinajstić information content (AvgIpc) is 3.28. The van der Waals surface area contributed by atoms with Crippen LogP contribution in [0.5, 0.6) is 5.75 Å². The Bertz CT molecular complexity index is 1340. The number of nitrogens with one attached hydrogen (secondary N) is 1. The summed E-state index contributed by atoms with van der Waals surface area (Å²) in [5.41, 5.74) is 3.32. The van der Waals surface area contributed by atoms with E-state index in [0.717, 1.165) is 16.9 Å². The lowest BCUT2D eigenvalue weighted by Crippen LogP contribution is -2.28. The highest BCUT2D eigenvalue weighted by Gasteiger charge is 2.18. The average molecular weight is 535 g/mol. The van der Waals surface area contributed by atoms with Crippen LogP contribution < -0.4 is 10.1 Å². The van der Waals surface area contributed by atoms with Gasteiger partial charge in [0.1, 0.15) is 11.4 Å². The highest BCUT2D eigenvalue weighted by Crippen LogP contribution is 2.28. The van der Waals surface area contributed by atoms with Crippen molar-refractivity contribution >= 4 is 52.3 Å². The largest absolute Gasteiger partial charge is 0.497 e. The first-order valence-corrected chi connectivity index (χ1v) is 11.8. The summed E-state index contributed by atoms with van der Waals surface area (Å²) in [6.07, 6.45) is 0.550. The number of nitrogens with zero attached hydrogens (tertiary/aromatic N) is 2. The maximum atomic E-state index is 13.2. The van der Waals surface area contributed by atoms with Gasteiger partial charge >= 0.3 is 0 Å². The van der Waals surface area contributed by atoms with Crippen LogP contribution in [-0.2, 0) is 6.42 Å². The van der Waals surface area contributed by atoms with Crippen LogP contribution >= 0.6 is 46.4 Å². The van der Waals surface area contributed by atoms with Crippen LogP contribution in [0.25, 0.3) is 16.9 Å². The van der Waals surface area contributed by atoms with E-state index in [-0.39, 0.29) is 5.91 Å². The third-order valence-corrected chi connectivity index (χ3v) is 6.50. The molecular weight excluding hydrogens is 516 g/mol. The van der Waals surface area contributed by atoms with Gasteiger partial charge in [-0.25, -0.2) is 4.68 Å². The summed E-state index contributed by atoms with van der Waals surface area (Å²) < 4.78 is 6.78. The van der Waals surface area contributed by atoms with Crippen molar-refractivity contribution in [3.8, 4) is 22.7 Å². The fourth-order valence-electron chi connectivity index (χ4n) is 3.38. The molecule has 4 aromatic rings. The number of carbonyl (C=O) groups is 1. The van der Waals surface area contributed by atoms with E-state index in [2.05, 4.69) is 10.4 Å². The number of rotatable bonds is 7. The highest BCUT2D eigenvalue weighted by molar-refractivity contribution is 6.42. The number of amides is 1. The smallest absolute Gasteiger partial charge is 0.270 e. The fourth-order valence-corrected chi connectivity index (χ4v) is 4.18. The minimum Gasteiger partial charge on any atom is -0.497 e. The summed E-state index contributed by atoms with van der Waals surface area (Å²) >= 11 is 24.5. The minimum absolute atomic E-state index is 0.288.